The van der Waals surface area contributed by atoms with E-state index in [1.165, 1.54) is 24.0 Å². The van der Waals surface area contributed by atoms with Crippen LogP contribution < -0.4 is 4.74 Å². The third-order valence-electron chi connectivity index (χ3n) is 2.66. The van der Waals surface area contributed by atoms with Crippen LogP contribution in [0.2, 0.25) is 0 Å². The molecule has 14 heavy (non-hydrogen) atoms. The lowest BCUT2D eigenvalue weighted by molar-refractivity contribution is -0.109. The van der Waals surface area contributed by atoms with Gasteiger partial charge in [-0.05, 0) is 42.9 Å². The maximum absolute atomic E-state index is 10.2. The molecule has 74 valence electrons. The number of benzene rings is 1. The highest BCUT2D eigenvalue weighted by atomic mass is 16.5. The van der Waals surface area contributed by atoms with Gasteiger partial charge in [0.1, 0.15) is 12.4 Å². The van der Waals surface area contributed by atoms with Crippen LogP contribution in [0.25, 0.3) is 0 Å². The zero-order valence-electron chi connectivity index (χ0n) is 8.16. The molecule has 2 rings (SSSR count). The summed E-state index contributed by atoms with van der Waals surface area (Å²) in [6.45, 7) is 0.163. The molecule has 0 saturated heterocycles. The van der Waals surface area contributed by atoms with E-state index in [1.807, 2.05) is 12.1 Å². The van der Waals surface area contributed by atoms with Crippen LogP contribution in [0.1, 0.15) is 24.0 Å². The van der Waals surface area contributed by atoms with E-state index in [4.69, 9.17) is 4.74 Å². The largest absolute Gasteiger partial charge is 0.486 e. The Kier molecular flexibility index (Phi) is 2.82. The molecule has 0 spiro atoms. The molecule has 0 radical (unpaired) electrons. The summed E-state index contributed by atoms with van der Waals surface area (Å²) in [5.74, 6) is 0.898. The van der Waals surface area contributed by atoms with Gasteiger partial charge in [-0.1, -0.05) is 12.1 Å². The Hall–Kier alpha value is -1.31. The summed E-state index contributed by atoms with van der Waals surface area (Å²) in [5, 5.41) is 0. The van der Waals surface area contributed by atoms with Gasteiger partial charge >= 0.3 is 0 Å². The van der Waals surface area contributed by atoms with Gasteiger partial charge in [-0.3, -0.25) is 4.79 Å². The molecule has 0 amide bonds. The molecular weight excluding hydrogens is 176 g/mol. The maximum Gasteiger partial charge on any atom is 0.157 e. The number of carbonyl (C=O) groups excluding carboxylic acids is 1. The van der Waals surface area contributed by atoms with E-state index in [2.05, 4.69) is 6.07 Å². The molecule has 0 unspecified atom stereocenters. The summed E-state index contributed by atoms with van der Waals surface area (Å²) in [4.78, 5) is 10.2. The Morgan fingerprint density at radius 2 is 2.14 bits per heavy atom. The lowest BCUT2D eigenvalue weighted by atomic mass is 9.91. The molecule has 0 fully saturated rings. The van der Waals surface area contributed by atoms with E-state index in [9.17, 15) is 4.79 Å². The third kappa shape index (κ3) is 1.79. The van der Waals surface area contributed by atoms with Crippen LogP contribution in [0.15, 0.2) is 18.2 Å². The number of aldehydes is 1. The summed E-state index contributed by atoms with van der Waals surface area (Å²) >= 11 is 0. The van der Waals surface area contributed by atoms with Crippen molar-refractivity contribution in [2.24, 2.45) is 0 Å². The number of rotatable bonds is 3. The van der Waals surface area contributed by atoms with Crippen LogP contribution in [-0.4, -0.2) is 12.9 Å². The highest BCUT2D eigenvalue weighted by Crippen LogP contribution is 2.29. The number of hydrogen-bond acceptors (Lipinski definition) is 2. The monoisotopic (exact) mass is 190 g/mol. The fourth-order valence-electron chi connectivity index (χ4n) is 2.01. The second kappa shape index (κ2) is 4.27. The van der Waals surface area contributed by atoms with Crippen LogP contribution in [0.3, 0.4) is 0 Å². The predicted octanol–water partition coefficient (Wildman–Crippen LogP) is 2.14. The van der Waals surface area contributed by atoms with Gasteiger partial charge < -0.3 is 4.74 Å². The zero-order valence-corrected chi connectivity index (χ0v) is 8.16. The molecule has 0 aromatic heterocycles. The standard InChI is InChI=1S/C12H14O2/c13-8-9-14-12-7-3-5-10-4-1-2-6-11(10)12/h3,5,7-8H,1-2,4,6,9H2. The van der Waals surface area contributed by atoms with E-state index < -0.39 is 0 Å². The number of carbonyl (C=O) groups is 1. The molecular formula is C12H14O2. The minimum atomic E-state index is 0.163. The highest BCUT2D eigenvalue weighted by molar-refractivity contribution is 5.52. The minimum absolute atomic E-state index is 0.163. The lowest BCUT2D eigenvalue weighted by Gasteiger charge is -2.18. The SMILES string of the molecule is O=CCOc1cccc2c1CCCC2. The number of ether oxygens (including phenoxy) is 1. The minimum Gasteiger partial charge on any atom is -0.486 e. The number of fused-ring (bicyclic) bond motifs is 1. The predicted molar refractivity (Wildman–Crippen MR) is 54.6 cm³/mol. The van der Waals surface area contributed by atoms with E-state index in [1.54, 1.807) is 0 Å². The summed E-state index contributed by atoms with van der Waals surface area (Å²) in [6.07, 6.45) is 5.53. The Morgan fingerprint density at radius 3 is 3.00 bits per heavy atom. The molecule has 2 nitrogen and oxygen atoms in total. The number of hydrogen-bond donors (Lipinski definition) is 0. The summed E-state index contributed by atoms with van der Waals surface area (Å²) in [7, 11) is 0. The van der Waals surface area contributed by atoms with Gasteiger partial charge in [0.25, 0.3) is 0 Å². The van der Waals surface area contributed by atoms with Gasteiger partial charge in [0, 0.05) is 0 Å². The van der Waals surface area contributed by atoms with Crippen LogP contribution in [0.4, 0.5) is 0 Å². The third-order valence-corrected chi connectivity index (χ3v) is 2.66. The van der Waals surface area contributed by atoms with Crippen molar-refractivity contribution < 1.29 is 9.53 Å². The Bertz CT molecular complexity index is 331. The van der Waals surface area contributed by atoms with Crippen molar-refractivity contribution in [1.82, 2.24) is 0 Å². The van der Waals surface area contributed by atoms with E-state index in [0.717, 1.165) is 24.9 Å². The fraction of sp³-hybridized carbons (Fsp3) is 0.417. The molecule has 1 aliphatic rings. The quantitative estimate of drug-likeness (QED) is 0.682. The molecule has 1 aliphatic carbocycles. The Morgan fingerprint density at radius 1 is 1.29 bits per heavy atom. The van der Waals surface area contributed by atoms with Crippen molar-refractivity contribution in [3.8, 4) is 5.75 Å². The van der Waals surface area contributed by atoms with Crippen LogP contribution >= 0.6 is 0 Å². The van der Waals surface area contributed by atoms with Crippen LogP contribution in [0, 0.1) is 0 Å². The lowest BCUT2D eigenvalue weighted by Crippen LogP contribution is -2.07. The molecule has 2 heteroatoms. The zero-order chi connectivity index (χ0) is 9.80. The van der Waals surface area contributed by atoms with Crippen LogP contribution in [0.5, 0.6) is 5.75 Å². The van der Waals surface area contributed by atoms with Gasteiger partial charge in [-0.25, -0.2) is 0 Å². The second-order valence-corrected chi connectivity index (χ2v) is 3.58. The summed E-state index contributed by atoms with van der Waals surface area (Å²) in [5.41, 5.74) is 2.69. The first-order valence-corrected chi connectivity index (χ1v) is 5.09. The second-order valence-electron chi connectivity index (χ2n) is 3.58. The topological polar surface area (TPSA) is 26.3 Å². The van der Waals surface area contributed by atoms with Gasteiger partial charge in [0.2, 0.25) is 0 Å². The fourth-order valence-corrected chi connectivity index (χ4v) is 2.01. The van der Waals surface area contributed by atoms with Crippen molar-refractivity contribution in [3.63, 3.8) is 0 Å². The Balaban J connectivity index is 2.25. The average Bonchev–Trinajstić information content (AvgIpc) is 2.26. The van der Waals surface area contributed by atoms with Gasteiger partial charge in [0.05, 0.1) is 0 Å². The molecule has 0 aliphatic heterocycles. The molecule has 0 bridgehead atoms. The maximum atomic E-state index is 10.2. The smallest absolute Gasteiger partial charge is 0.157 e. The van der Waals surface area contributed by atoms with Gasteiger partial charge in [-0.2, -0.15) is 0 Å². The summed E-state index contributed by atoms with van der Waals surface area (Å²) in [6, 6.07) is 6.11. The van der Waals surface area contributed by atoms with Gasteiger partial charge in [-0.15, -0.1) is 0 Å². The molecule has 0 heterocycles. The average molecular weight is 190 g/mol. The molecule has 0 saturated carbocycles. The van der Waals surface area contributed by atoms with Gasteiger partial charge in [0.15, 0.2) is 6.29 Å². The first-order valence-electron chi connectivity index (χ1n) is 5.09. The number of aryl methyl sites for hydroxylation is 1. The van der Waals surface area contributed by atoms with Crippen molar-refractivity contribution in [2.75, 3.05) is 6.61 Å². The normalized spacial score (nSPS) is 14.6. The van der Waals surface area contributed by atoms with Crippen molar-refractivity contribution >= 4 is 6.29 Å². The van der Waals surface area contributed by atoms with E-state index >= 15 is 0 Å². The van der Waals surface area contributed by atoms with E-state index in [-0.39, 0.29) is 6.61 Å². The van der Waals surface area contributed by atoms with E-state index in [0.29, 0.717) is 0 Å². The molecule has 1 aromatic rings. The first-order chi connectivity index (χ1) is 6.92. The van der Waals surface area contributed by atoms with Crippen molar-refractivity contribution in [3.05, 3.63) is 29.3 Å². The Labute approximate surface area is 83.9 Å². The first kappa shape index (κ1) is 9.25. The van der Waals surface area contributed by atoms with Crippen molar-refractivity contribution in [2.45, 2.75) is 25.7 Å². The molecule has 0 N–H and O–H groups in total. The van der Waals surface area contributed by atoms with Crippen LogP contribution in [-0.2, 0) is 17.6 Å². The molecule has 1 aromatic carbocycles. The highest BCUT2D eigenvalue weighted by Gasteiger charge is 2.13. The van der Waals surface area contributed by atoms with Crippen molar-refractivity contribution in [1.29, 1.82) is 0 Å². The summed E-state index contributed by atoms with van der Waals surface area (Å²) < 4.78 is 5.39. The molecule has 0 atom stereocenters.